The van der Waals surface area contributed by atoms with E-state index >= 15 is 0 Å². The van der Waals surface area contributed by atoms with Gasteiger partial charge in [0.15, 0.2) is 0 Å². The normalized spacial score (nSPS) is 20.8. The minimum Gasteiger partial charge on any atom is -0.468 e. The van der Waals surface area contributed by atoms with Crippen LogP contribution in [0.4, 0.5) is 13.2 Å². The number of methoxy groups -OCH3 is 1. The van der Waals surface area contributed by atoms with Gasteiger partial charge in [0.2, 0.25) is 0 Å². The molecule has 4 nitrogen and oxygen atoms in total. The van der Waals surface area contributed by atoms with Crippen LogP contribution >= 0.6 is 0 Å². The van der Waals surface area contributed by atoms with Crippen LogP contribution in [0.3, 0.4) is 0 Å². The predicted octanol–water partition coefficient (Wildman–Crippen LogP) is 2.10. The molecule has 20 heavy (non-hydrogen) atoms. The predicted molar refractivity (Wildman–Crippen MR) is 63.6 cm³/mol. The number of halogens is 3. The molecule has 0 amide bonds. The van der Waals surface area contributed by atoms with E-state index in [0.29, 0.717) is 19.3 Å². The summed E-state index contributed by atoms with van der Waals surface area (Å²) in [7, 11) is 1.19. The van der Waals surface area contributed by atoms with Crippen LogP contribution in [0.2, 0.25) is 0 Å². The van der Waals surface area contributed by atoms with E-state index in [4.69, 9.17) is 0 Å². The molecule has 0 saturated heterocycles. The summed E-state index contributed by atoms with van der Waals surface area (Å²) in [6, 6.07) is 0. The zero-order valence-corrected chi connectivity index (χ0v) is 11.1. The van der Waals surface area contributed by atoms with E-state index in [2.05, 4.69) is 10.1 Å². The SMILES string of the molecule is COC(=O)CNC1=C(C(=O)C(F)(F)F)C2(CCCC2)C1. The molecule has 0 radical (unpaired) electrons. The van der Waals surface area contributed by atoms with Gasteiger partial charge in [-0.15, -0.1) is 0 Å². The van der Waals surface area contributed by atoms with Gasteiger partial charge < -0.3 is 10.1 Å². The lowest BCUT2D eigenvalue weighted by atomic mass is 9.63. The standard InChI is InChI=1S/C13H16F3NO3/c1-20-9(18)7-17-8-6-12(4-2-3-5-12)10(8)11(19)13(14,15)16/h17H,2-7H2,1H3. The summed E-state index contributed by atoms with van der Waals surface area (Å²) >= 11 is 0. The molecule has 0 bridgehead atoms. The summed E-state index contributed by atoms with van der Waals surface area (Å²) in [6.45, 7) is -0.226. The molecule has 112 valence electrons. The Morgan fingerprint density at radius 1 is 1.30 bits per heavy atom. The number of carbonyl (C=O) groups excluding carboxylic acids is 2. The van der Waals surface area contributed by atoms with Crippen molar-refractivity contribution >= 4 is 11.8 Å². The highest BCUT2D eigenvalue weighted by atomic mass is 19.4. The van der Waals surface area contributed by atoms with Crippen molar-refractivity contribution in [3.8, 4) is 0 Å². The number of ketones is 1. The summed E-state index contributed by atoms with van der Waals surface area (Å²) < 4.78 is 42.5. The van der Waals surface area contributed by atoms with Crippen LogP contribution in [0.5, 0.6) is 0 Å². The highest BCUT2D eigenvalue weighted by Gasteiger charge is 2.55. The topological polar surface area (TPSA) is 55.4 Å². The molecule has 0 aromatic rings. The van der Waals surface area contributed by atoms with Gasteiger partial charge in [-0.05, 0) is 19.3 Å². The average Bonchev–Trinajstić information content (AvgIpc) is 2.83. The van der Waals surface area contributed by atoms with E-state index in [-0.39, 0.29) is 17.8 Å². The molecule has 0 aliphatic heterocycles. The minimum atomic E-state index is -4.87. The maximum atomic E-state index is 12.7. The third-order valence-corrected chi connectivity index (χ3v) is 4.07. The number of allylic oxidation sites excluding steroid dienone is 2. The summed E-state index contributed by atoms with van der Waals surface area (Å²) in [5, 5.41) is 2.61. The number of nitrogens with one attached hydrogen (secondary N) is 1. The highest BCUT2D eigenvalue weighted by molar-refractivity contribution is 6.03. The van der Waals surface area contributed by atoms with Gasteiger partial charge in [0.1, 0.15) is 6.54 Å². The number of ether oxygens (including phenoxy) is 1. The van der Waals surface area contributed by atoms with Gasteiger partial charge in [-0.3, -0.25) is 9.59 Å². The van der Waals surface area contributed by atoms with Crippen molar-refractivity contribution in [2.24, 2.45) is 5.41 Å². The van der Waals surface area contributed by atoms with E-state index < -0.39 is 23.3 Å². The monoisotopic (exact) mass is 291 g/mol. The number of carbonyl (C=O) groups is 2. The van der Waals surface area contributed by atoms with Crippen molar-refractivity contribution in [2.45, 2.75) is 38.3 Å². The molecule has 0 atom stereocenters. The maximum absolute atomic E-state index is 12.7. The van der Waals surface area contributed by atoms with Crippen molar-refractivity contribution < 1.29 is 27.5 Å². The van der Waals surface area contributed by atoms with Crippen LogP contribution < -0.4 is 5.32 Å². The third-order valence-electron chi connectivity index (χ3n) is 4.07. The molecule has 0 heterocycles. The fourth-order valence-electron chi connectivity index (χ4n) is 3.13. The Bertz CT molecular complexity index is 462. The fourth-order valence-corrected chi connectivity index (χ4v) is 3.13. The minimum absolute atomic E-state index is 0.175. The number of hydrogen-bond donors (Lipinski definition) is 1. The van der Waals surface area contributed by atoms with Crippen LogP contribution in [0.1, 0.15) is 32.1 Å². The number of Topliss-reactive ketones (excluding diaryl/α,β-unsaturated/α-hetero) is 1. The zero-order valence-electron chi connectivity index (χ0n) is 11.1. The van der Waals surface area contributed by atoms with Crippen molar-refractivity contribution in [3.63, 3.8) is 0 Å². The first kappa shape index (κ1) is 14.9. The first-order valence-electron chi connectivity index (χ1n) is 6.46. The lowest BCUT2D eigenvalue weighted by Gasteiger charge is -2.43. The van der Waals surface area contributed by atoms with Gasteiger partial charge in [0.05, 0.1) is 7.11 Å². The highest BCUT2D eigenvalue weighted by Crippen LogP contribution is 2.57. The second-order valence-electron chi connectivity index (χ2n) is 5.27. The molecule has 2 aliphatic rings. The molecule has 1 saturated carbocycles. The third kappa shape index (κ3) is 2.53. The molecule has 1 spiro atoms. The first-order chi connectivity index (χ1) is 9.30. The van der Waals surface area contributed by atoms with Crippen LogP contribution in [-0.4, -0.2) is 31.6 Å². The fraction of sp³-hybridized carbons (Fsp3) is 0.692. The molecule has 0 unspecified atom stereocenters. The lowest BCUT2D eigenvalue weighted by Crippen LogP contribution is -2.45. The van der Waals surface area contributed by atoms with Crippen LogP contribution in [0, 0.1) is 5.41 Å². The molecule has 1 N–H and O–H groups in total. The Kier molecular flexibility index (Phi) is 3.80. The van der Waals surface area contributed by atoms with Gasteiger partial charge in [-0.2, -0.15) is 13.2 Å². The molecule has 7 heteroatoms. The summed E-state index contributed by atoms with van der Waals surface area (Å²) in [5.74, 6) is -2.36. The molecular formula is C13H16F3NO3. The Morgan fingerprint density at radius 2 is 1.90 bits per heavy atom. The smallest absolute Gasteiger partial charge is 0.454 e. The molecule has 0 aromatic carbocycles. The second kappa shape index (κ2) is 5.10. The second-order valence-corrected chi connectivity index (χ2v) is 5.27. The van der Waals surface area contributed by atoms with Crippen LogP contribution in [-0.2, 0) is 14.3 Å². The first-order valence-corrected chi connectivity index (χ1v) is 6.46. The van der Waals surface area contributed by atoms with E-state index in [1.165, 1.54) is 7.11 Å². The van der Waals surface area contributed by atoms with E-state index in [9.17, 15) is 22.8 Å². The Balaban J connectivity index is 2.21. The van der Waals surface area contributed by atoms with Crippen LogP contribution in [0.15, 0.2) is 11.3 Å². The van der Waals surface area contributed by atoms with E-state index in [1.807, 2.05) is 0 Å². The zero-order chi connectivity index (χ0) is 15.0. The largest absolute Gasteiger partial charge is 0.468 e. The number of esters is 1. The Labute approximate surface area is 114 Å². The van der Waals surface area contributed by atoms with Crippen molar-refractivity contribution in [1.82, 2.24) is 5.32 Å². The van der Waals surface area contributed by atoms with E-state index in [0.717, 1.165) is 12.8 Å². The quantitative estimate of drug-likeness (QED) is 0.806. The number of hydrogen-bond acceptors (Lipinski definition) is 4. The Morgan fingerprint density at radius 3 is 2.40 bits per heavy atom. The summed E-state index contributed by atoms with van der Waals surface area (Å²) in [5.41, 5.74) is -0.573. The van der Waals surface area contributed by atoms with Gasteiger partial charge >= 0.3 is 12.1 Å². The number of alkyl halides is 3. The molecule has 1 fully saturated rings. The maximum Gasteiger partial charge on any atom is 0.454 e. The molecular weight excluding hydrogens is 275 g/mol. The lowest BCUT2D eigenvalue weighted by molar-refractivity contribution is -0.168. The Hall–Kier alpha value is -1.53. The summed E-state index contributed by atoms with van der Waals surface area (Å²) in [6.07, 6.45) is -1.59. The van der Waals surface area contributed by atoms with Gasteiger partial charge in [-0.1, -0.05) is 12.8 Å². The van der Waals surface area contributed by atoms with Gasteiger partial charge in [0.25, 0.3) is 5.78 Å². The number of rotatable bonds is 4. The van der Waals surface area contributed by atoms with Crippen molar-refractivity contribution in [3.05, 3.63) is 11.3 Å². The van der Waals surface area contributed by atoms with Crippen LogP contribution in [0.25, 0.3) is 0 Å². The average molecular weight is 291 g/mol. The molecule has 0 aromatic heterocycles. The molecule has 2 rings (SSSR count). The van der Waals surface area contributed by atoms with Crippen molar-refractivity contribution in [2.75, 3.05) is 13.7 Å². The van der Waals surface area contributed by atoms with Crippen molar-refractivity contribution in [1.29, 1.82) is 0 Å². The van der Waals surface area contributed by atoms with Gasteiger partial charge in [0, 0.05) is 16.7 Å². The van der Waals surface area contributed by atoms with E-state index in [1.54, 1.807) is 0 Å². The summed E-state index contributed by atoms with van der Waals surface area (Å²) in [4.78, 5) is 22.6. The van der Waals surface area contributed by atoms with Gasteiger partial charge in [-0.25, -0.2) is 0 Å². The molecule has 2 aliphatic carbocycles.